The van der Waals surface area contributed by atoms with Gasteiger partial charge >= 0.3 is 0 Å². The topological polar surface area (TPSA) is 60.9 Å². The van der Waals surface area contributed by atoms with Crippen LogP contribution in [0, 0.1) is 0 Å². The first-order valence-electron chi connectivity index (χ1n) is 6.86. The fraction of sp³-hybridized carbons (Fsp3) is 0.571. The maximum absolute atomic E-state index is 12.5. The van der Waals surface area contributed by atoms with Crippen LogP contribution in [0.1, 0.15) is 17.5 Å². The van der Waals surface area contributed by atoms with Gasteiger partial charge in [-0.2, -0.15) is 0 Å². The summed E-state index contributed by atoms with van der Waals surface area (Å²) in [4.78, 5) is 2.15. The molecule has 1 heterocycles. The molecule has 6 heteroatoms. The minimum absolute atomic E-state index is 0.00452. The van der Waals surface area contributed by atoms with Gasteiger partial charge in [-0.15, -0.1) is 0 Å². The summed E-state index contributed by atoms with van der Waals surface area (Å²) in [7, 11) is -1.27. The van der Waals surface area contributed by atoms with Crippen molar-refractivity contribution >= 4 is 10.0 Å². The number of likely N-dealkylation sites (N-methyl/N-ethyl adjacent to an activating group) is 1. The maximum atomic E-state index is 12.5. The van der Waals surface area contributed by atoms with Crippen LogP contribution >= 0.6 is 0 Å². The Morgan fingerprint density at radius 2 is 1.90 bits per heavy atom. The number of aliphatic hydroxyl groups is 1. The van der Waals surface area contributed by atoms with Crippen LogP contribution in [-0.4, -0.2) is 56.0 Å². The molecule has 1 aliphatic rings. The van der Waals surface area contributed by atoms with Gasteiger partial charge in [-0.05, 0) is 31.1 Å². The van der Waals surface area contributed by atoms with E-state index in [1.54, 1.807) is 28.6 Å². The number of sulfonamides is 1. The van der Waals surface area contributed by atoms with Gasteiger partial charge in [0, 0.05) is 19.6 Å². The van der Waals surface area contributed by atoms with Crippen LogP contribution in [0.15, 0.2) is 24.3 Å². The molecule has 0 saturated carbocycles. The summed E-state index contributed by atoms with van der Waals surface area (Å²) >= 11 is 0. The molecule has 1 N–H and O–H groups in total. The first-order chi connectivity index (χ1) is 9.51. The van der Waals surface area contributed by atoms with Gasteiger partial charge in [-0.25, -0.2) is 12.7 Å². The molecule has 0 unspecified atom stereocenters. The van der Waals surface area contributed by atoms with E-state index in [1.807, 2.05) is 7.05 Å². The van der Waals surface area contributed by atoms with E-state index in [9.17, 15) is 8.42 Å². The summed E-state index contributed by atoms with van der Waals surface area (Å²) < 4.78 is 26.5. The van der Waals surface area contributed by atoms with Crippen LogP contribution in [-0.2, 0) is 22.4 Å². The van der Waals surface area contributed by atoms with Crippen molar-refractivity contribution in [3.8, 4) is 0 Å². The summed E-state index contributed by atoms with van der Waals surface area (Å²) in [6, 6.07) is 7.12. The Hall–Kier alpha value is -0.950. The van der Waals surface area contributed by atoms with E-state index in [0.29, 0.717) is 13.1 Å². The van der Waals surface area contributed by atoms with Gasteiger partial charge in [0.2, 0.25) is 10.0 Å². The lowest BCUT2D eigenvalue weighted by Gasteiger charge is -2.20. The SMILES string of the molecule is CN1CCCN(S(=O)(=O)Cc2cccc(CO)c2)CC1. The van der Waals surface area contributed by atoms with E-state index in [-0.39, 0.29) is 12.4 Å². The zero-order chi connectivity index (χ0) is 14.6. The van der Waals surface area contributed by atoms with E-state index >= 15 is 0 Å². The normalized spacial score (nSPS) is 18.9. The van der Waals surface area contributed by atoms with Crippen molar-refractivity contribution in [3.05, 3.63) is 35.4 Å². The first kappa shape index (κ1) is 15.4. The number of hydrogen-bond donors (Lipinski definition) is 1. The second-order valence-electron chi connectivity index (χ2n) is 5.29. The number of rotatable bonds is 4. The Morgan fingerprint density at radius 3 is 2.65 bits per heavy atom. The van der Waals surface area contributed by atoms with Crippen molar-refractivity contribution in [2.75, 3.05) is 33.2 Å². The van der Waals surface area contributed by atoms with Crippen molar-refractivity contribution in [1.82, 2.24) is 9.21 Å². The summed E-state index contributed by atoms with van der Waals surface area (Å²) in [5.74, 6) is 0.00452. The largest absolute Gasteiger partial charge is 0.392 e. The molecule has 5 nitrogen and oxygen atoms in total. The average Bonchev–Trinajstić information content (AvgIpc) is 2.64. The molecule has 1 saturated heterocycles. The van der Waals surface area contributed by atoms with Gasteiger partial charge in [0.05, 0.1) is 12.4 Å². The lowest BCUT2D eigenvalue weighted by atomic mass is 10.1. The molecule has 0 atom stereocenters. The van der Waals surface area contributed by atoms with E-state index in [2.05, 4.69) is 4.90 Å². The van der Waals surface area contributed by atoms with Crippen molar-refractivity contribution in [3.63, 3.8) is 0 Å². The number of hydrogen-bond acceptors (Lipinski definition) is 4. The van der Waals surface area contributed by atoms with E-state index in [4.69, 9.17) is 5.11 Å². The van der Waals surface area contributed by atoms with Crippen LogP contribution in [0.2, 0.25) is 0 Å². The predicted molar refractivity (Wildman–Crippen MR) is 78.7 cm³/mol. The lowest BCUT2D eigenvalue weighted by Crippen LogP contribution is -2.35. The standard InChI is InChI=1S/C14H22N2O3S/c1-15-6-3-7-16(9-8-15)20(18,19)12-14-5-2-4-13(10-14)11-17/h2,4-5,10,17H,3,6-9,11-12H2,1H3. The third-order valence-corrected chi connectivity index (χ3v) is 5.44. The molecule has 0 bridgehead atoms. The molecule has 0 amide bonds. The van der Waals surface area contributed by atoms with Gasteiger partial charge in [0.25, 0.3) is 0 Å². The van der Waals surface area contributed by atoms with Gasteiger partial charge in [-0.1, -0.05) is 24.3 Å². The maximum Gasteiger partial charge on any atom is 0.218 e. The van der Waals surface area contributed by atoms with Crippen LogP contribution in [0.4, 0.5) is 0 Å². The lowest BCUT2D eigenvalue weighted by molar-refractivity contribution is 0.281. The molecule has 0 aromatic heterocycles. The second-order valence-corrected chi connectivity index (χ2v) is 7.26. The third-order valence-electron chi connectivity index (χ3n) is 3.59. The molecule has 1 aromatic carbocycles. The molecule has 0 spiro atoms. The first-order valence-corrected chi connectivity index (χ1v) is 8.47. The van der Waals surface area contributed by atoms with Gasteiger partial charge < -0.3 is 10.0 Å². The number of nitrogens with zero attached hydrogens (tertiary/aromatic N) is 2. The fourth-order valence-electron chi connectivity index (χ4n) is 2.42. The van der Waals surface area contributed by atoms with Gasteiger partial charge in [0.15, 0.2) is 0 Å². The highest BCUT2D eigenvalue weighted by atomic mass is 32.2. The zero-order valence-corrected chi connectivity index (χ0v) is 12.6. The highest BCUT2D eigenvalue weighted by Crippen LogP contribution is 2.14. The molecule has 2 rings (SSSR count). The number of aliphatic hydroxyl groups excluding tert-OH is 1. The quantitative estimate of drug-likeness (QED) is 0.886. The number of benzene rings is 1. The highest BCUT2D eigenvalue weighted by Gasteiger charge is 2.24. The fourth-order valence-corrected chi connectivity index (χ4v) is 3.97. The van der Waals surface area contributed by atoms with Crippen LogP contribution in [0.25, 0.3) is 0 Å². The molecule has 1 fully saturated rings. The molecule has 1 aliphatic heterocycles. The predicted octanol–water partition coefficient (Wildman–Crippen LogP) is 0.646. The van der Waals surface area contributed by atoms with Gasteiger partial charge in [-0.3, -0.25) is 0 Å². The smallest absolute Gasteiger partial charge is 0.218 e. The molecule has 1 aromatic rings. The van der Waals surface area contributed by atoms with Crippen molar-refractivity contribution in [2.24, 2.45) is 0 Å². The van der Waals surface area contributed by atoms with Crippen LogP contribution in [0.3, 0.4) is 0 Å². The minimum atomic E-state index is -3.28. The van der Waals surface area contributed by atoms with E-state index < -0.39 is 10.0 Å². The Labute approximate surface area is 120 Å². The molecule has 0 radical (unpaired) electrons. The van der Waals surface area contributed by atoms with Gasteiger partial charge in [0.1, 0.15) is 0 Å². The van der Waals surface area contributed by atoms with Crippen molar-refractivity contribution in [2.45, 2.75) is 18.8 Å². The molecule has 112 valence electrons. The monoisotopic (exact) mass is 298 g/mol. The van der Waals surface area contributed by atoms with E-state index in [0.717, 1.165) is 30.6 Å². The summed E-state index contributed by atoms with van der Waals surface area (Å²) in [6.45, 7) is 2.79. The highest BCUT2D eigenvalue weighted by molar-refractivity contribution is 7.88. The van der Waals surface area contributed by atoms with E-state index in [1.165, 1.54) is 0 Å². The molecule has 0 aliphatic carbocycles. The Balaban J connectivity index is 2.09. The zero-order valence-electron chi connectivity index (χ0n) is 11.8. The van der Waals surface area contributed by atoms with Crippen LogP contribution < -0.4 is 0 Å². The Morgan fingerprint density at radius 1 is 1.15 bits per heavy atom. The molecular weight excluding hydrogens is 276 g/mol. The van der Waals surface area contributed by atoms with Crippen molar-refractivity contribution < 1.29 is 13.5 Å². The minimum Gasteiger partial charge on any atom is -0.392 e. The third kappa shape index (κ3) is 4.02. The second kappa shape index (κ2) is 6.67. The van der Waals surface area contributed by atoms with Crippen molar-refractivity contribution in [1.29, 1.82) is 0 Å². The van der Waals surface area contributed by atoms with Crippen LogP contribution in [0.5, 0.6) is 0 Å². The Bertz CT molecular complexity index is 545. The Kier molecular flexibility index (Phi) is 5.15. The summed E-state index contributed by atoms with van der Waals surface area (Å²) in [5.41, 5.74) is 1.47. The summed E-state index contributed by atoms with van der Waals surface area (Å²) in [6.07, 6.45) is 0.867. The average molecular weight is 298 g/mol. The molecular formula is C14H22N2O3S. The molecule has 20 heavy (non-hydrogen) atoms. The summed E-state index contributed by atoms with van der Waals surface area (Å²) in [5, 5.41) is 9.11.